The van der Waals surface area contributed by atoms with Gasteiger partial charge in [-0.15, -0.1) is 11.3 Å². The summed E-state index contributed by atoms with van der Waals surface area (Å²) in [4.78, 5) is 24.9. The van der Waals surface area contributed by atoms with E-state index in [1.54, 1.807) is 53.1 Å². The third kappa shape index (κ3) is 10.2. The van der Waals surface area contributed by atoms with Crippen molar-refractivity contribution in [3.63, 3.8) is 0 Å². The first-order chi connectivity index (χ1) is 30.4. The van der Waals surface area contributed by atoms with Gasteiger partial charge in [0.25, 0.3) is 5.56 Å². The summed E-state index contributed by atoms with van der Waals surface area (Å²) in [5, 5.41) is 11.0. The SMILES string of the molecule is Cc1nc2sccn2c(=O)c1CCN1CCC(=C(c2ccc(F)cc2)c2ccc(F)cc2)CC1.OCCN1CCN([C@@H]2C[C@@H](c3ccc(F)cc3)c3ccc(C(F)(F)F)cc32)CC1. The number of β-amino-alcohol motifs (C(OH)–C–C–N with tert-alkyl or cyclic N) is 1. The average Bonchev–Trinajstić information content (AvgIpc) is 3.91. The summed E-state index contributed by atoms with van der Waals surface area (Å²) in [5.74, 6) is -0.920. The summed E-state index contributed by atoms with van der Waals surface area (Å²) in [5.41, 5.74) is 7.75. The smallest absolute Gasteiger partial charge is 0.395 e. The van der Waals surface area contributed by atoms with Gasteiger partial charge in [0, 0.05) is 87.2 Å². The lowest BCUT2D eigenvalue weighted by Gasteiger charge is -2.38. The molecule has 6 aromatic rings. The number of aliphatic hydroxyl groups excluding tert-OH is 1. The van der Waals surface area contributed by atoms with Crippen LogP contribution in [0.4, 0.5) is 26.3 Å². The second-order valence-corrected chi connectivity index (χ2v) is 17.3. The highest BCUT2D eigenvalue weighted by Crippen LogP contribution is 2.48. The Labute approximate surface area is 366 Å². The van der Waals surface area contributed by atoms with Gasteiger partial charge in [0.2, 0.25) is 0 Å². The highest BCUT2D eigenvalue weighted by molar-refractivity contribution is 7.15. The topological polar surface area (TPSA) is 64.3 Å². The molecule has 2 aromatic heterocycles. The Balaban J connectivity index is 0.000000175. The minimum absolute atomic E-state index is 0.0243. The lowest BCUT2D eigenvalue weighted by atomic mass is 9.88. The lowest BCUT2D eigenvalue weighted by molar-refractivity contribution is -0.137. The predicted molar refractivity (Wildman–Crippen MR) is 234 cm³/mol. The van der Waals surface area contributed by atoms with Crippen molar-refractivity contribution in [1.82, 2.24) is 24.1 Å². The van der Waals surface area contributed by atoms with Gasteiger partial charge in [0.15, 0.2) is 4.96 Å². The maximum absolute atomic E-state index is 13.5. The van der Waals surface area contributed by atoms with Gasteiger partial charge in [-0.25, -0.2) is 18.2 Å². The van der Waals surface area contributed by atoms with Crippen molar-refractivity contribution in [2.24, 2.45) is 0 Å². The molecule has 4 aromatic carbocycles. The molecule has 0 saturated carbocycles. The molecule has 1 aliphatic carbocycles. The summed E-state index contributed by atoms with van der Waals surface area (Å²) in [6.07, 6.45) is 0.477. The minimum atomic E-state index is -4.38. The van der Waals surface area contributed by atoms with Gasteiger partial charge in [0.1, 0.15) is 17.5 Å². The van der Waals surface area contributed by atoms with E-state index in [4.69, 9.17) is 5.11 Å². The predicted octanol–water partition coefficient (Wildman–Crippen LogP) is 9.51. The number of likely N-dealkylation sites (tertiary alicyclic amines) is 1. The van der Waals surface area contributed by atoms with Crippen LogP contribution in [0.1, 0.15) is 75.9 Å². The molecule has 9 rings (SSSR count). The van der Waals surface area contributed by atoms with Gasteiger partial charge in [-0.3, -0.25) is 19.0 Å². The van der Waals surface area contributed by atoms with Crippen molar-refractivity contribution in [2.75, 3.05) is 59.0 Å². The van der Waals surface area contributed by atoms with Crippen molar-refractivity contribution >= 4 is 21.9 Å². The maximum atomic E-state index is 13.5. The van der Waals surface area contributed by atoms with Gasteiger partial charge in [-0.05, 0) is 115 Å². The monoisotopic (exact) mass is 885 g/mol. The van der Waals surface area contributed by atoms with E-state index in [-0.39, 0.29) is 41.6 Å². The summed E-state index contributed by atoms with van der Waals surface area (Å²) in [7, 11) is 0. The van der Waals surface area contributed by atoms with Crippen molar-refractivity contribution < 1.29 is 31.4 Å². The van der Waals surface area contributed by atoms with E-state index in [0.29, 0.717) is 19.4 Å². The van der Waals surface area contributed by atoms with E-state index in [1.807, 2.05) is 12.3 Å². The van der Waals surface area contributed by atoms with Crippen LogP contribution in [0, 0.1) is 24.4 Å². The Morgan fingerprint density at radius 2 is 1.35 bits per heavy atom. The van der Waals surface area contributed by atoms with Crippen LogP contribution in [-0.2, 0) is 12.6 Å². The Kier molecular flexibility index (Phi) is 13.6. The zero-order valence-electron chi connectivity index (χ0n) is 34.9. The van der Waals surface area contributed by atoms with Gasteiger partial charge >= 0.3 is 6.18 Å². The zero-order chi connectivity index (χ0) is 44.3. The van der Waals surface area contributed by atoms with E-state index in [9.17, 15) is 31.1 Å². The molecule has 0 spiro atoms. The highest BCUT2D eigenvalue weighted by Gasteiger charge is 2.39. The van der Waals surface area contributed by atoms with Crippen LogP contribution in [0.25, 0.3) is 10.5 Å². The zero-order valence-corrected chi connectivity index (χ0v) is 35.7. The fourth-order valence-electron chi connectivity index (χ4n) is 9.31. The Morgan fingerprint density at radius 1 is 0.762 bits per heavy atom. The molecule has 330 valence electrons. The maximum Gasteiger partial charge on any atom is 0.416 e. The van der Waals surface area contributed by atoms with Crippen LogP contribution in [0.3, 0.4) is 0 Å². The second kappa shape index (κ2) is 19.3. The number of fused-ring (bicyclic) bond motifs is 2. The largest absolute Gasteiger partial charge is 0.416 e. The molecule has 63 heavy (non-hydrogen) atoms. The van der Waals surface area contributed by atoms with E-state index in [1.165, 1.54) is 59.4 Å². The molecule has 2 atom stereocenters. The Hall–Kier alpha value is -5.12. The van der Waals surface area contributed by atoms with Crippen LogP contribution in [0.5, 0.6) is 0 Å². The Morgan fingerprint density at radius 3 is 1.94 bits per heavy atom. The number of alkyl halides is 3. The van der Waals surface area contributed by atoms with Crippen molar-refractivity contribution in [1.29, 1.82) is 0 Å². The van der Waals surface area contributed by atoms with E-state index in [0.717, 1.165) is 114 Å². The molecule has 7 nitrogen and oxygen atoms in total. The van der Waals surface area contributed by atoms with Gasteiger partial charge in [-0.1, -0.05) is 48.0 Å². The van der Waals surface area contributed by atoms with E-state index in [2.05, 4.69) is 19.7 Å². The number of nitrogens with zero attached hydrogens (tertiary/aromatic N) is 5. The number of piperidine rings is 1. The third-order valence-electron chi connectivity index (χ3n) is 12.7. The molecule has 2 fully saturated rings. The quantitative estimate of drug-likeness (QED) is 0.146. The number of halogens is 6. The number of aliphatic hydroxyl groups is 1. The number of hydrogen-bond acceptors (Lipinski definition) is 7. The molecular formula is C49H49F6N5O2S. The standard InChI is InChI=1S/C27H25F2N3OS.C22H24F4N2O/c1-18-24(26(33)32-16-17-34-27(32)30-18)12-15-31-13-10-21(11-14-31)25(19-2-6-22(28)7-3-19)20-4-8-23(29)9-5-20;23-17-4-1-15(2-5-17)19-14-21(28-9-7-27(8-10-28)11-12-29)20-13-16(22(24,25)26)3-6-18(19)20/h2-9,16-17H,10-15H2,1H3;1-6,13,19,21,29H,7-12,14H2/t;19-,21+/m.0/s1. The number of rotatable bonds is 9. The van der Waals surface area contributed by atoms with Crippen molar-refractivity contribution in [3.05, 3.63) is 181 Å². The van der Waals surface area contributed by atoms with Crippen LogP contribution in [0.15, 0.2) is 113 Å². The number of benzene rings is 4. The number of thiazole rings is 1. The number of piperazine rings is 1. The first kappa shape index (κ1) is 44.5. The molecule has 0 amide bonds. The minimum Gasteiger partial charge on any atom is -0.395 e. The molecule has 4 heterocycles. The summed E-state index contributed by atoms with van der Waals surface area (Å²) >= 11 is 1.47. The molecular weight excluding hydrogens is 837 g/mol. The fraction of sp³-hybridized carbons (Fsp3) is 0.347. The molecule has 2 aliphatic heterocycles. The first-order valence-corrected chi connectivity index (χ1v) is 22.2. The first-order valence-electron chi connectivity index (χ1n) is 21.3. The average molecular weight is 886 g/mol. The number of aryl methyl sites for hydroxylation is 1. The molecule has 0 radical (unpaired) electrons. The molecule has 14 heteroatoms. The van der Waals surface area contributed by atoms with Crippen LogP contribution >= 0.6 is 11.3 Å². The van der Waals surface area contributed by atoms with Crippen LogP contribution in [0.2, 0.25) is 0 Å². The lowest BCUT2D eigenvalue weighted by Crippen LogP contribution is -2.48. The summed E-state index contributed by atoms with van der Waals surface area (Å²) in [6, 6.07) is 23.2. The van der Waals surface area contributed by atoms with Gasteiger partial charge < -0.3 is 10.0 Å². The van der Waals surface area contributed by atoms with Crippen molar-refractivity contribution in [3.8, 4) is 0 Å². The second-order valence-electron chi connectivity index (χ2n) is 16.4. The van der Waals surface area contributed by atoms with Gasteiger partial charge in [-0.2, -0.15) is 13.2 Å². The van der Waals surface area contributed by atoms with Crippen LogP contribution < -0.4 is 5.56 Å². The van der Waals surface area contributed by atoms with Crippen LogP contribution in [-0.4, -0.2) is 88.2 Å². The third-order valence-corrected chi connectivity index (χ3v) is 13.4. The Bertz CT molecular complexity index is 2540. The highest BCUT2D eigenvalue weighted by atomic mass is 32.1. The summed E-state index contributed by atoms with van der Waals surface area (Å²) in [6.45, 7) is 8.23. The number of hydrogen-bond donors (Lipinski definition) is 1. The number of aromatic nitrogens is 2. The fourth-order valence-corrected chi connectivity index (χ4v) is 10.1. The molecule has 0 unspecified atom stereocenters. The summed E-state index contributed by atoms with van der Waals surface area (Å²) < 4.78 is 82.1. The van der Waals surface area contributed by atoms with E-state index < -0.39 is 11.7 Å². The molecule has 1 N–H and O–H groups in total. The molecule has 2 saturated heterocycles. The van der Waals surface area contributed by atoms with E-state index >= 15 is 0 Å². The normalized spacial score (nSPS) is 18.6. The molecule has 3 aliphatic rings. The van der Waals surface area contributed by atoms with Gasteiger partial charge in [0.05, 0.1) is 12.2 Å². The molecule has 0 bridgehead atoms. The van der Waals surface area contributed by atoms with Crippen molar-refractivity contribution in [2.45, 2.75) is 50.7 Å².